The third-order valence-corrected chi connectivity index (χ3v) is 1.78. The minimum absolute atomic E-state index is 0.225. The highest BCUT2D eigenvalue weighted by atomic mass is 16.4. The highest BCUT2D eigenvalue weighted by Crippen LogP contribution is 2.23. The standard InChI is InChI=1S/C10H18O.C2H4O2/c1-6-10(4,5)9(11)7-8(2)3;1-2(3)4/h6-7,9,11H,1H2,2-5H3;1H3,(H,3,4). The number of hydrogen-bond acceptors (Lipinski definition) is 2. The Balaban J connectivity index is 0. The molecule has 0 saturated carbocycles. The van der Waals surface area contributed by atoms with E-state index in [-0.39, 0.29) is 5.41 Å². The predicted molar refractivity (Wildman–Crippen MR) is 62.7 cm³/mol. The molecule has 3 heteroatoms. The Morgan fingerprint density at radius 3 is 1.87 bits per heavy atom. The molecule has 0 aliphatic rings. The quantitative estimate of drug-likeness (QED) is 0.710. The zero-order chi connectivity index (χ0) is 12.6. The van der Waals surface area contributed by atoms with Crippen molar-refractivity contribution in [2.75, 3.05) is 0 Å². The number of carbonyl (C=O) groups is 1. The van der Waals surface area contributed by atoms with Gasteiger partial charge in [0.25, 0.3) is 5.97 Å². The Morgan fingerprint density at radius 2 is 1.67 bits per heavy atom. The number of rotatable bonds is 3. The van der Waals surface area contributed by atoms with E-state index in [9.17, 15) is 5.11 Å². The van der Waals surface area contributed by atoms with Crippen LogP contribution in [0.25, 0.3) is 0 Å². The first-order chi connectivity index (χ1) is 6.63. The molecule has 1 atom stereocenters. The zero-order valence-corrected chi connectivity index (χ0v) is 10.2. The third kappa shape index (κ3) is 10.8. The largest absolute Gasteiger partial charge is 0.481 e. The first-order valence-electron chi connectivity index (χ1n) is 4.79. The molecule has 0 amide bonds. The van der Waals surface area contributed by atoms with Gasteiger partial charge in [-0.1, -0.05) is 31.6 Å². The Kier molecular flexibility index (Phi) is 7.88. The molecule has 0 spiro atoms. The molecule has 0 saturated heterocycles. The molecule has 0 aliphatic heterocycles. The van der Waals surface area contributed by atoms with Crippen molar-refractivity contribution in [3.8, 4) is 0 Å². The number of carboxylic acids is 1. The van der Waals surface area contributed by atoms with E-state index in [1.165, 1.54) is 0 Å². The molecular formula is C12H22O3. The average molecular weight is 214 g/mol. The second-order valence-corrected chi connectivity index (χ2v) is 4.23. The van der Waals surface area contributed by atoms with E-state index >= 15 is 0 Å². The number of carboxylic acid groups (broad SMARTS) is 1. The van der Waals surface area contributed by atoms with Crippen molar-refractivity contribution in [1.82, 2.24) is 0 Å². The Morgan fingerprint density at radius 1 is 1.33 bits per heavy atom. The lowest BCUT2D eigenvalue weighted by Gasteiger charge is -2.24. The van der Waals surface area contributed by atoms with E-state index in [0.717, 1.165) is 12.5 Å². The number of aliphatic hydroxyl groups excluding tert-OH is 1. The molecule has 0 rings (SSSR count). The van der Waals surface area contributed by atoms with Gasteiger partial charge in [-0.25, -0.2) is 0 Å². The number of aliphatic carboxylic acids is 1. The van der Waals surface area contributed by atoms with E-state index in [0.29, 0.717) is 0 Å². The summed E-state index contributed by atoms with van der Waals surface area (Å²) in [7, 11) is 0. The van der Waals surface area contributed by atoms with E-state index in [1.807, 2.05) is 33.8 Å². The first kappa shape index (κ1) is 16.3. The summed E-state index contributed by atoms with van der Waals surface area (Å²) < 4.78 is 0. The summed E-state index contributed by atoms with van der Waals surface area (Å²) in [5.41, 5.74) is 0.907. The topological polar surface area (TPSA) is 57.5 Å². The fourth-order valence-electron chi connectivity index (χ4n) is 0.651. The lowest BCUT2D eigenvalue weighted by molar-refractivity contribution is -0.134. The van der Waals surface area contributed by atoms with Crippen LogP contribution in [0.15, 0.2) is 24.3 Å². The van der Waals surface area contributed by atoms with E-state index in [4.69, 9.17) is 9.90 Å². The van der Waals surface area contributed by atoms with Crippen molar-refractivity contribution in [1.29, 1.82) is 0 Å². The van der Waals surface area contributed by atoms with E-state index < -0.39 is 12.1 Å². The highest BCUT2D eigenvalue weighted by Gasteiger charge is 2.21. The van der Waals surface area contributed by atoms with Crippen molar-refractivity contribution >= 4 is 5.97 Å². The third-order valence-electron chi connectivity index (χ3n) is 1.78. The van der Waals surface area contributed by atoms with Crippen LogP contribution < -0.4 is 0 Å². The van der Waals surface area contributed by atoms with Gasteiger partial charge in [-0.2, -0.15) is 0 Å². The number of hydrogen-bond donors (Lipinski definition) is 2. The molecule has 1 unspecified atom stereocenters. The second kappa shape index (κ2) is 7.23. The Hall–Kier alpha value is -1.09. The van der Waals surface area contributed by atoms with Crippen LogP contribution in [0, 0.1) is 5.41 Å². The van der Waals surface area contributed by atoms with Gasteiger partial charge in [0.05, 0.1) is 6.10 Å². The van der Waals surface area contributed by atoms with Gasteiger partial charge in [0.15, 0.2) is 0 Å². The molecule has 0 aromatic carbocycles. The molecule has 0 fully saturated rings. The van der Waals surface area contributed by atoms with E-state index in [2.05, 4.69) is 6.58 Å². The van der Waals surface area contributed by atoms with Gasteiger partial charge in [0.2, 0.25) is 0 Å². The van der Waals surface area contributed by atoms with Crippen molar-refractivity contribution in [2.24, 2.45) is 5.41 Å². The Labute approximate surface area is 92.1 Å². The summed E-state index contributed by atoms with van der Waals surface area (Å²) in [4.78, 5) is 9.00. The van der Waals surface area contributed by atoms with Crippen molar-refractivity contribution in [2.45, 2.75) is 40.7 Å². The molecule has 2 N–H and O–H groups in total. The summed E-state index contributed by atoms with van der Waals surface area (Å²) in [6.45, 7) is 12.6. The molecule has 0 aromatic rings. The smallest absolute Gasteiger partial charge is 0.300 e. The van der Waals surface area contributed by atoms with Gasteiger partial charge in [-0.3, -0.25) is 4.79 Å². The van der Waals surface area contributed by atoms with Crippen LogP contribution in [0.4, 0.5) is 0 Å². The molecule has 0 heterocycles. The molecular weight excluding hydrogens is 192 g/mol. The lowest BCUT2D eigenvalue weighted by atomic mass is 9.86. The van der Waals surface area contributed by atoms with Crippen LogP contribution in [0.5, 0.6) is 0 Å². The molecule has 0 bridgehead atoms. The maximum Gasteiger partial charge on any atom is 0.300 e. The van der Waals surface area contributed by atoms with E-state index in [1.54, 1.807) is 6.08 Å². The summed E-state index contributed by atoms with van der Waals surface area (Å²) >= 11 is 0. The minimum Gasteiger partial charge on any atom is -0.481 e. The molecule has 0 aromatic heterocycles. The fraction of sp³-hybridized carbons (Fsp3) is 0.583. The molecule has 88 valence electrons. The van der Waals surface area contributed by atoms with Crippen LogP contribution in [-0.2, 0) is 4.79 Å². The first-order valence-corrected chi connectivity index (χ1v) is 4.79. The van der Waals surface area contributed by atoms with Gasteiger partial charge in [0.1, 0.15) is 0 Å². The van der Waals surface area contributed by atoms with Gasteiger partial charge in [-0.15, -0.1) is 6.58 Å². The van der Waals surface area contributed by atoms with Crippen LogP contribution in [0.1, 0.15) is 34.6 Å². The molecule has 0 aliphatic carbocycles. The lowest BCUT2D eigenvalue weighted by Crippen LogP contribution is -2.24. The maximum absolute atomic E-state index is 9.60. The molecule has 3 nitrogen and oxygen atoms in total. The summed E-state index contributed by atoms with van der Waals surface area (Å²) in [6, 6.07) is 0. The Bertz CT molecular complexity index is 231. The minimum atomic E-state index is -0.833. The van der Waals surface area contributed by atoms with Gasteiger partial charge in [0, 0.05) is 12.3 Å². The summed E-state index contributed by atoms with van der Waals surface area (Å²) in [5.74, 6) is -0.833. The monoisotopic (exact) mass is 214 g/mol. The number of aliphatic hydroxyl groups is 1. The van der Waals surface area contributed by atoms with Gasteiger partial charge < -0.3 is 10.2 Å². The number of allylic oxidation sites excluding steroid dienone is 1. The van der Waals surface area contributed by atoms with Crippen molar-refractivity contribution < 1.29 is 15.0 Å². The van der Waals surface area contributed by atoms with Crippen LogP contribution in [0.3, 0.4) is 0 Å². The average Bonchev–Trinajstić information content (AvgIpc) is 2.02. The summed E-state index contributed by atoms with van der Waals surface area (Å²) in [5, 5.41) is 17.0. The fourth-order valence-corrected chi connectivity index (χ4v) is 0.651. The van der Waals surface area contributed by atoms with Crippen LogP contribution in [-0.4, -0.2) is 22.3 Å². The molecule has 0 radical (unpaired) electrons. The summed E-state index contributed by atoms with van der Waals surface area (Å²) in [6.07, 6.45) is 3.20. The van der Waals surface area contributed by atoms with Crippen LogP contribution >= 0.6 is 0 Å². The van der Waals surface area contributed by atoms with Crippen molar-refractivity contribution in [3.63, 3.8) is 0 Å². The second-order valence-electron chi connectivity index (χ2n) is 4.23. The normalized spacial score (nSPS) is 11.9. The molecule has 15 heavy (non-hydrogen) atoms. The zero-order valence-electron chi connectivity index (χ0n) is 10.2. The van der Waals surface area contributed by atoms with Gasteiger partial charge >= 0.3 is 0 Å². The predicted octanol–water partition coefficient (Wildman–Crippen LogP) is 2.62. The van der Waals surface area contributed by atoms with Crippen LogP contribution in [0.2, 0.25) is 0 Å². The van der Waals surface area contributed by atoms with Crippen molar-refractivity contribution in [3.05, 3.63) is 24.3 Å². The highest BCUT2D eigenvalue weighted by molar-refractivity contribution is 5.62. The SMILES string of the molecule is C=CC(C)(C)C(O)C=C(C)C.CC(=O)O. The van der Waals surface area contributed by atoms with Gasteiger partial charge in [-0.05, 0) is 13.8 Å². The maximum atomic E-state index is 9.60.